The van der Waals surface area contributed by atoms with Crippen molar-refractivity contribution in [2.24, 2.45) is 10.7 Å². The van der Waals surface area contributed by atoms with Crippen LogP contribution in [0.5, 0.6) is 0 Å². The summed E-state index contributed by atoms with van der Waals surface area (Å²) in [5, 5.41) is 2.66. The summed E-state index contributed by atoms with van der Waals surface area (Å²) in [7, 11) is 3.42. The number of benzene rings is 1. The molecular formula is C23H23ClF6N6. The zero-order valence-corrected chi connectivity index (χ0v) is 20.1. The maximum atomic E-state index is 13.6. The van der Waals surface area contributed by atoms with Crippen molar-refractivity contribution in [1.29, 1.82) is 0 Å². The Morgan fingerprint density at radius 2 is 1.69 bits per heavy atom. The Labute approximate surface area is 208 Å². The number of hydrogen-bond donors (Lipinski definition) is 2. The number of anilines is 1. The average Bonchev–Trinajstić information content (AvgIpc) is 3.01. The highest BCUT2D eigenvalue weighted by Crippen LogP contribution is 2.42. The summed E-state index contributed by atoms with van der Waals surface area (Å²) in [6.45, 7) is 0.344. The Morgan fingerprint density at radius 1 is 1.03 bits per heavy atom. The highest BCUT2D eigenvalue weighted by atomic mass is 35.5. The lowest BCUT2D eigenvalue weighted by Gasteiger charge is -2.37. The van der Waals surface area contributed by atoms with Gasteiger partial charge in [-0.25, -0.2) is 9.98 Å². The van der Waals surface area contributed by atoms with Gasteiger partial charge in [-0.05, 0) is 41.8 Å². The third kappa shape index (κ3) is 4.83. The first-order valence-corrected chi connectivity index (χ1v) is 11.3. The molecule has 0 spiro atoms. The van der Waals surface area contributed by atoms with Crippen LogP contribution in [0.1, 0.15) is 29.5 Å². The zero-order valence-electron chi connectivity index (χ0n) is 19.3. The molecule has 6 nitrogen and oxygen atoms in total. The molecule has 194 valence electrons. The first-order chi connectivity index (χ1) is 16.7. The van der Waals surface area contributed by atoms with Crippen LogP contribution >= 0.6 is 11.6 Å². The van der Waals surface area contributed by atoms with E-state index in [2.05, 4.69) is 15.3 Å². The van der Waals surface area contributed by atoms with E-state index in [0.717, 1.165) is 18.2 Å². The van der Waals surface area contributed by atoms with Crippen LogP contribution in [0.4, 0.5) is 32.2 Å². The molecule has 13 heteroatoms. The van der Waals surface area contributed by atoms with Crippen LogP contribution in [-0.2, 0) is 18.0 Å². The van der Waals surface area contributed by atoms with Crippen LogP contribution in [0, 0.1) is 0 Å². The highest BCUT2D eigenvalue weighted by molar-refractivity contribution is 6.31. The number of nitrogens with two attached hydrogens (primary N) is 1. The predicted octanol–water partition coefficient (Wildman–Crippen LogP) is 4.96. The molecule has 36 heavy (non-hydrogen) atoms. The Kier molecular flexibility index (Phi) is 6.63. The quantitative estimate of drug-likeness (QED) is 0.535. The minimum absolute atomic E-state index is 0.140. The van der Waals surface area contributed by atoms with E-state index in [0.29, 0.717) is 17.2 Å². The van der Waals surface area contributed by atoms with Gasteiger partial charge < -0.3 is 15.1 Å². The van der Waals surface area contributed by atoms with E-state index in [9.17, 15) is 26.3 Å². The molecule has 0 saturated carbocycles. The van der Waals surface area contributed by atoms with Gasteiger partial charge in [0.05, 0.1) is 16.1 Å². The molecule has 2 aromatic rings. The Hall–Kier alpha value is -2.99. The molecule has 3 heterocycles. The van der Waals surface area contributed by atoms with E-state index in [1.807, 2.05) is 0 Å². The molecule has 0 radical (unpaired) electrons. The van der Waals surface area contributed by atoms with Gasteiger partial charge >= 0.3 is 12.4 Å². The van der Waals surface area contributed by atoms with Gasteiger partial charge in [-0.1, -0.05) is 17.7 Å². The van der Waals surface area contributed by atoms with Gasteiger partial charge in [0.25, 0.3) is 0 Å². The lowest BCUT2D eigenvalue weighted by molar-refractivity contribution is -0.138. The predicted molar refractivity (Wildman–Crippen MR) is 124 cm³/mol. The molecule has 1 aromatic carbocycles. The molecule has 1 atom stereocenters. The topological polar surface area (TPSA) is 69.8 Å². The average molecular weight is 533 g/mol. The summed E-state index contributed by atoms with van der Waals surface area (Å²) in [5.74, 6) is 0.160. The summed E-state index contributed by atoms with van der Waals surface area (Å²) in [6, 6.07) is 5.42. The van der Waals surface area contributed by atoms with E-state index in [1.54, 1.807) is 19.0 Å². The standard InChI is InChI=1S/C23H23ClF6N6/c1-35(2)20-33-18-8-11-36(19-16(23(28,29)30)4-3-9-32-19)10-7-15(18)21(31,34-20)13-5-6-14(17(24)12-13)22(25,26)27/h3-6,9,12H,7-8,10-11,31H2,1-2H3,(H,33,34). The van der Waals surface area contributed by atoms with Crippen LogP contribution in [-0.4, -0.2) is 43.0 Å². The van der Waals surface area contributed by atoms with E-state index < -0.39 is 34.2 Å². The number of halogens is 7. The van der Waals surface area contributed by atoms with Gasteiger partial charge in [-0.15, -0.1) is 0 Å². The molecule has 0 bridgehead atoms. The van der Waals surface area contributed by atoms with Crippen LogP contribution in [0.25, 0.3) is 0 Å². The molecular weight excluding hydrogens is 510 g/mol. The van der Waals surface area contributed by atoms with Crippen molar-refractivity contribution in [2.75, 3.05) is 32.1 Å². The smallest absolute Gasteiger partial charge is 0.355 e. The second-order valence-electron chi connectivity index (χ2n) is 8.73. The number of alkyl halides is 6. The van der Waals surface area contributed by atoms with Crippen molar-refractivity contribution < 1.29 is 26.3 Å². The fourth-order valence-electron chi connectivity index (χ4n) is 4.38. The number of nitrogens with zero attached hydrogens (tertiary/aromatic N) is 4. The lowest BCUT2D eigenvalue weighted by atomic mass is 9.86. The maximum absolute atomic E-state index is 13.6. The molecule has 3 N–H and O–H groups in total. The number of rotatable bonds is 2. The van der Waals surface area contributed by atoms with E-state index in [-0.39, 0.29) is 37.3 Å². The molecule has 1 unspecified atom stereocenters. The Bertz CT molecular complexity index is 1220. The minimum atomic E-state index is -4.64. The Morgan fingerprint density at radius 3 is 2.31 bits per heavy atom. The van der Waals surface area contributed by atoms with Gasteiger partial charge in [0.1, 0.15) is 5.82 Å². The van der Waals surface area contributed by atoms with Crippen molar-refractivity contribution >= 4 is 23.4 Å². The largest absolute Gasteiger partial charge is 0.419 e. The third-order valence-corrected chi connectivity index (χ3v) is 6.48. The Balaban J connectivity index is 1.74. The summed E-state index contributed by atoms with van der Waals surface area (Å²) < 4.78 is 80.6. The minimum Gasteiger partial charge on any atom is -0.355 e. The molecule has 1 aromatic heterocycles. The first kappa shape index (κ1) is 26.1. The van der Waals surface area contributed by atoms with Gasteiger partial charge in [-0.2, -0.15) is 26.3 Å². The number of guanidine groups is 1. The van der Waals surface area contributed by atoms with Gasteiger partial charge in [0, 0.05) is 45.5 Å². The second kappa shape index (κ2) is 9.15. The van der Waals surface area contributed by atoms with Crippen LogP contribution in [0.15, 0.2) is 52.8 Å². The third-order valence-electron chi connectivity index (χ3n) is 6.16. The summed E-state index contributed by atoms with van der Waals surface area (Å²) >= 11 is 5.98. The number of aromatic nitrogens is 1. The van der Waals surface area contributed by atoms with Crippen LogP contribution in [0.2, 0.25) is 5.02 Å². The van der Waals surface area contributed by atoms with Gasteiger partial charge in [0.15, 0.2) is 11.6 Å². The van der Waals surface area contributed by atoms with Crippen molar-refractivity contribution in [2.45, 2.75) is 30.9 Å². The van der Waals surface area contributed by atoms with Crippen LogP contribution < -0.4 is 16.0 Å². The molecule has 4 rings (SSSR count). The normalized spacial score (nSPS) is 20.9. The number of hydrogen-bond acceptors (Lipinski definition) is 6. The number of pyridine rings is 1. The van der Waals surface area contributed by atoms with Gasteiger partial charge in [-0.3, -0.25) is 5.73 Å². The second-order valence-corrected chi connectivity index (χ2v) is 9.14. The molecule has 0 fully saturated rings. The summed E-state index contributed by atoms with van der Waals surface area (Å²) in [4.78, 5) is 11.8. The van der Waals surface area contributed by atoms with Crippen molar-refractivity contribution in [1.82, 2.24) is 15.2 Å². The van der Waals surface area contributed by atoms with Gasteiger partial charge in [0.2, 0.25) is 0 Å². The fraction of sp³-hybridized carbons (Fsp3) is 0.391. The summed E-state index contributed by atoms with van der Waals surface area (Å²) in [6.07, 6.45) is -7.46. The molecule has 2 aliphatic heterocycles. The molecule has 2 aliphatic rings. The van der Waals surface area contributed by atoms with E-state index in [1.165, 1.54) is 23.2 Å². The number of nitrogens with one attached hydrogen (secondary N) is 1. The molecule has 0 saturated heterocycles. The van der Waals surface area contributed by atoms with E-state index in [4.69, 9.17) is 17.3 Å². The maximum Gasteiger partial charge on any atom is 0.419 e. The van der Waals surface area contributed by atoms with E-state index >= 15 is 0 Å². The fourth-order valence-corrected chi connectivity index (χ4v) is 4.67. The first-order valence-electron chi connectivity index (χ1n) is 10.9. The number of aliphatic imine (C=N–C) groups is 1. The lowest BCUT2D eigenvalue weighted by Crippen LogP contribution is -2.49. The SMILES string of the molecule is CN(C)C1=NC(N)(c2ccc(C(F)(F)F)c(Cl)c2)C2=C(CCN(c3ncccc3C(F)(F)F)CC2)N1. The molecule has 0 aliphatic carbocycles. The monoisotopic (exact) mass is 532 g/mol. The zero-order chi connectivity index (χ0) is 26.5. The molecule has 0 amide bonds. The highest BCUT2D eigenvalue weighted by Gasteiger charge is 2.42. The van der Waals surface area contributed by atoms with Crippen molar-refractivity contribution in [3.05, 3.63) is 69.5 Å². The van der Waals surface area contributed by atoms with Crippen molar-refractivity contribution in [3.8, 4) is 0 Å². The summed E-state index contributed by atoms with van der Waals surface area (Å²) in [5.41, 5.74) is 4.77. The van der Waals surface area contributed by atoms with Crippen LogP contribution in [0.3, 0.4) is 0 Å². The van der Waals surface area contributed by atoms with Crippen molar-refractivity contribution in [3.63, 3.8) is 0 Å².